The number of ketones is 1. The summed E-state index contributed by atoms with van der Waals surface area (Å²) in [4.78, 5) is 37.5. The Morgan fingerprint density at radius 3 is 2.39 bits per heavy atom. The molecule has 0 aromatic heterocycles. The third-order valence-electron chi connectivity index (χ3n) is 6.14. The molecule has 1 aromatic carbocycles. The van der Waals surface area contributed by atoms with Crippen LogP contribution in [0, 0.1) is 17.8 Å². The summed E-state index contributed by atoms with van der Waals surface area (Å²) in [6.45, 7) is 3.70. The summed E-state index contributed by atoms with van der Waals surface area (Å²) >= 11 is 0. The number of benzene rings is 1. The van der Waals surface area contributed by atoms with Gasteiger partial charge in [-0.2, -0.15) is 0 Å². The minimum atomic E-state index is -0.840. The number of rotatable bonds is 7. The van der Waals surface area contributed by atoms with Gasteiger partial charge >= 0.3 is 5.97 Å². The van der Waals surface area contributed by atoms with Gasteiger partial charge in [0, 0.05) is 11.8 Å². The van der Waals surface area contributed by atoms with Gasteiger partial charge in [-0.15, -0.1) is 0 Å². The quantitative estimate of drug-likeness (QED) is 0.721. The lowest BCUT2D eigenvalue weighted by Crippen LogP contribution is -2.42. The van der Waals surface area contributed by atoms with Crippen molar-refractivity contribution in [1.29, 1.82) is 0 Å². The monoisotopic (exact) mass is 385 g/mol. The van der Waals surface area contributed by atoms with Gasteiger partial charge in [0.25, 0.3) is 5.91 Å². The first kappa shape index (κ1) is 20.6. The first-order valence-corrected chi connectivity index (χ1v) is 10.6. The van der Waals surface area contributed by atoms with E-state index in [1.54, 1.807) is 6.92 Å². The average Bonchev–Trinajstić information content (AvgIpc) is 2.68. The number of esters is 1. The highest BCUT2D eigenvalue weighted by Crippen LogP contribution is 2.40. The van der Waals surface area contributed by atoms with Crippen LogP contribution < -0.4 is 5.32 Å². The van der Waals surface area contributed by atoms with E-state index in [-0.39, 0.29) is 35.7 Å². The summed E-state index contributed by atoms with van der Waals surface area (Å²) in [5.74, 6) is -0.542. The van der Waals surface area contributed by atoms with E-state index in [0.717, 1.165) is 37.7 Å². The molecule has 2 bridgehead atoms. The number of nitrogens with one attached hydrogen (secondary N) is 1. The van der Waals surface area contributed by atoms with Gasteiger partial charge < -0.3 is 10.1 Å². The summed E-state index contributed by atoms with van der Waals surface area (Å²) in [5.41, 5.74) is 1.05. The normalized spacial score (nSPS) is 26.2. The summed E-state index contributed by atoms with van der Waals surface area (Å²) in [7, 11) is 0. The van der Waals surface area contributed by atoms with E-state index < -0.39 is 6.10 Å². The van der Waals surface area contributed by atoms with Crippen LogP contribution in [0.25, 0.3) is 0 Å². The molecule has 2 aliphatic rings. The number of ether oxygens (including phenoxy) is 1. The predicted octanol–water partition coefficient (Wildman–Crippen LogP) is 3.97. The van der Waals surface area contributed by atoms with Crippen molar-refractivity contribution >= 4 is 17.7 Å². The molecule has 2 aliphatic carbocycles. The van der Waals surface area contributed by atoms with Crippen LogP contribution in [0.5, 0.6) is 0 Å². The Bertz CT molecular complexity index is 686. The van der Waals surface area contributed by atoms with Crippen molar-refractivity contribution in [2.24, 2.45) is 17.8 Å². The number of carbonyl (C=O) groups is 3. The van der Waals surface area contributed by atoms with Gasteiger partial charge in [0.15, 0.2) is 6.10 Å². The van der Waals surface area contributed by atoms with E-state index in [2.05, 4.69) is 12.2 Å². The van der Waals surface area contributed by atoms with E-state index in [0.29, 0.717) is 18.6 Å². The van der Waals surface area contributed by atoms with Gasteiger partial charge in [-0.05, 0) is 44.6 Å². The van der Waals surface area contributed by atoms with Crippen LogP contribution in [0.4, 0.5) is 0 Å². The third kappa shape index (κ3) is 4.81. The third-order valence-corrected chi connectivity index (χ3v) is 6.14. The first-order valence-electron chi connectivity index (χ1n) is 10.6. The maximum atomic E-state index is 12.6. The molecule has 1 amide bonds. The first-order chi connectivity index (χ1) is 13.5. The molecule has 0 aliphatic heterocycles. The molecule has 0 spiro atoms. The van der Waals surface area contributed by atoms with Crippen LogP contribution in [-0.4, -0.2) is 23.8 Å². The minimum Gasteiger partial charge on any atom is -0.452 e. The Hall–Kier alpha value is -2.17. The number of Topliss-reactive ketones (excluding diaryl/α,β-unsaturated/α-hetero) is 1. The summed E-state index contributed by atoms with van der Waals surface area (Å²) in [6.07, 6.45) is 4.90. The van der Waals surface area contributed by atoms with Gasteiger partial charge in [0.1, 0.15) is 5.78 Å². The fraction of sp³-hybridized carbons (Fsp3) is 0.609. The molecule has 5 nitrogen and oxygen atoms in total. The van der Waals surface area contributed by atoms with Gasteiger partial charge in [0.05, 0.1) is 12.0 Å². The SMILES string of the molecule is CCC[C@H](NC(=O)[C@@H](C)OC(=O)C1C[C@H]2CCC[C@@H](C1)C2=O)c1ccccc1. The zero-order chi connectivity index (χ0) is 20.1. The number of hydrogen-bond donors (Lipinski definition) is 1. The molecule has 1 aromatic rings. The lowest BCUT2D eigenvalue weighted by molar-refractivity contribution is -0.162. The lowest BCUT2D eigenvalue weighted by atomic mass is 9.67. The van der Waals surface area contributed by atoms with Crippen molar-refractivity contribution in [2.75, 3.05) is 0 Å². The maximum absolute atomic E-state index is 12.6. The van der Waals surface area contributed by atoms with E-state index in [1.807, 2.05) is 30.3 Å². The van der Waals surface area contributed by atoms with Crippen molar-refractivity contribution in [3.05, 3.63) is 35.9 Å². The molecule has 5 atom stereocenters. The number of fused-ring (bicyclic) bond motifs is 2. The maximum Gasteiger partial charge on any atom is 0.309 e. The number of hydrogen-bond acceptors (Lipinski definition) is 4. The van der Waals surface area contributed by atoms with E-state index >= 15 is 0 Å². The smallest absolute Gasteiger partial charge is 0.309 e. The van der Waals surface area contributed by atoms with Crippen LogP contribution in [0.1, 0.15) is 70.4 Å². The molecule has 2 fully saturated rings. The Morgan fingerprint density at radius 2 is 1.79 bits per heavy atom. The molecule has 1 unspecified atom stereocenters. The van der Waals surface area contributed by atoms with Crippen LogP contribution in [0.2, 0.25) is 0 Å². The zero-order valence-corrected chi connectivity index (χ0v) is 16.9. The summed E-state index contributed by atoms with van der Waals surface area (Å²) in [6, 6.07) is 9.75. The standard InChI is InChI=1S/C23H31NO4/c1-3-8-20(16-9-5-4-6-10-16)24-22(26)15(2)28-23(27)19-13-17-11-7-12-18(14-19)21(17)25/h4-6,9-10,15,17-20H,3,7-8,11-14H2,1-2H3,(H,24,26)/t15-,17-,18+,19?,20+/m1/s1. The molecule has 2 saturated carbocycles. The Balaban J connectivity index is 1.56. The second-order valence-electron chi connectivity index (χ2n) is 8.24. The largest absolute Gasteiger partial charge is 0.452 e. The zero-order valence-electron chi connectivity index (χ0n) is 16.9. The van der Waals surface area contributed by atoms with Crippen molar-refractivity contribution in [3.8, 4) is 0 Å². The van der Waals surface area contributed by atoms with Crippen molar-refractivity contribution in [1.82, 2.24) is 5.32 Å². The molecule has 0 radical (unpaired) electrons. The molecule has 0 heterocycles. The second kappa shape index (κ2) is 9.35. The Morgan fingerprint density at radius 1 is 1.14 bits per heavy atom. The van der Waals surface area contributed by atoms with Crippen molar-refractivity contribution < 1.29 is 19.1 Å². The molecule has 1 N–H and O–H groups in total. The minimum absolute atomic E-state index is 0.00111. The topological polar surface area (TPSA) is 72.5 Å². The molecule has 5 heteroatoms. The van der Waals surface area contributed by atoms with E-state index in [1.165, 1.54) is 0 Å². The van der Waals surface area contributed by atoms with Crippen LogP contribution >= 0.6 is 0 Å². The van der Waals surface area contributed by atoms with E-state index in [9.17, 15) is 14.4 Å². The average molecular weight is 386 g/mol. The van der Waals surface area contributed by atoms with Gasteiger partial charge in [-0.1, -0.05) is 50.1 Å². The molecule has 152 valence electrons. The van der Waals surface area contributed by atoms with Gasteiger partial charge in [-0.3, -0.25) is 14.4 Å². The molecule has 28 heavy (non-hydrogen) atoms. The highest BCUT2D eigenvalue weighted by Gasteiger charge is 2.42. The Kier molecular flexibility index (Phi) is 6.87. The van der Waals surface area contributed by atoms with Gasteiger partial charge in [0.2, 0.25) is 0 Å². The fourth-order valence-electron chi connectivity index (χ4n) is 4.58. The Labute approximate surface area is 167 Å². The van der Waals surface area contributed by atoms with Crippen LogP contribution in [0.15, 0.2) is 30.3 Å². The molecule has 3 rings (SSSR count). The van der Waals surface area contributed by atoms with Gasteiger partial charge in [-0.25, -0.2) is 0 Å². The number of amides is 1. The highest BCUT2D eigenvalue weighted by atomic mass is 16.5. The van der Waals surface area contributed by atoms with E-state index in [4.69, 9.17) is 4.74 Å². The number of carbonyl (C=O) groups excluding carboxylic acids is 3. The molecular weight excluding hydrogens is 354 g/mol. The van der Waals surface area contributed by atoms with Crippen molar-refractivity contribution in [3.63, 3.8) is 0 Å². The summed E-state index contributed by atoms with van der Waals surface area (Å²) in [5, 5.41) is 3.02. The second-order valence-corrected chi connectivity index (χ2v) is 8.24. The summed E-state index contributed by atoms with van der Waals surface area (Å²) < 4.78 is 5.50. The van der Waals surface area contributed by atoms with Crippen molar-refractivity contribution in [2.45, 2.75) is 70.9 Å². The lowest BCUT2D eigenvalue weighted by Gasteiger charge is -2.36. The predicted molar refractivity (Wildman–Crippen MR) is 106 cm³/mol. The highest BCUT2D eigenvalue weighted by molar-refractivity contribution is 5.88. The fourth-order valence-corrected chi connectivity index (χ4v) is 4.58. The molecule has 0 saturated heterocycles. The molecular formula is C23H31NO4. The van der Waals surface area contributed by atoms with Crippen LogP contribution in [-0.2, 0) is 19.1 Å². The van der Waals surface area contributed by atoms with Crippen LogP contribution in [0.3, 0.4) is 0 Å².